The second kappa shape index (κ2) is 9.15. The van der Waals surface area contributed by atoms with Gasteiger partial charge in [0.05, 0.1) is 21.7 Å². The zero-order chi connectivity index (χ0) is 22.7. The van der Waals surface area contributed by atoms with Crippen molar-refractivity contribution in [2.24, 2.45) is 7.05 Å². The van der Waals surface area contributed by atoms with Gasteiger partial charge in [-0.05, 0) is 64.7 Å². The van der Waals surface area contributed by atoms with E-state index in [9.17, 15) is 20.2 Å². The van der Waals surface area contributed by atoms with Gasteiger partial charge in [-0.1, -0.05) is 18.9 Å². The fourth-order valence-electron chi connectivity index (χ4n) is 3.77. The highest BCUT2D eigenvalue weighted by atomic mass is 32.2. The Balaban J connectivity index is 1.65. The Hall–Kier alpha value is -3.78. The number of nitrogens with zero attached hydrogens (tertiary/aromatic N) is 6. The molecule has 1 amide bonds. The van der Waals surface area contributed by atoms with E-state index in [1.165, 1.54) is 35.7 Å². The number of hydrogen-bond acceptors (Lipinski definition) is 8. The monoisotopic (exact) mass is 449 g/mol. The number of nitro groups is 1. The number of carbonyl (C=O) groups is 1. The molecule has 1 fully saturated rings. The molecule has 0 aliphatic heterocycles. The van der Waals surface area contributed by atoms with Crippen LogP contribution in [0.1, 0.15) is 53.1 Å². The molecular formula is C21H19N7O3S. The third kappa shape index (κ3) is 4.45. The molecule has 1 aliphatic rings. The maximum absolute atomic E-state index is 13.1. The van der Waals surface area contributed by atoms with Gasteiger partial charge in [0.25, 0.3) is 11.6 Å². The molecule has 1 aromatic heterocycles. The van der Waals surface area contributed by atoms with E-state index in [0.29, 0.717) is 27.2 Å². The number of hydrogen-bond donors (Lipinski definition) is 1. The molecule has 2 aromatic carbocycles. The van der Waals surface area contributed by atoms with Gasteiger partial charge >= 0.3 is 0 Å². The molecule has 162 valence electrons. The summed E-state index contributed by atoms with van der Waals surface area (Å²) in [6, 6.07) is 11.6. The summed E-state index contributed by atoms with van der Waals surface area (Å²) in [6.07, 6.45) is 4.56. The standard InChI is InChI=1S/C21H19N7O3S/c1-27-21(24-25-26-27)32-19-9-7-16(28(30)31)11-17(19)20(29)23-18-8-6-14(10-15(18)12-22)13-4-2-3-5-13/h6-11,13H,2-5H2,1H3,(H,23,29). The van der Waals surface area contributed by atoms with Crippen LogP contribution in [0, 0.1) is 21.4 Å². The van der Waals surface area contributed by atoms with Crippen LogP contribution in [0.3, 0.4) is 0 Å². The Morgan fingerprint density at radius 2 is 2.06 bits per heavy atom. The number of rotatable bonds is 6. The van der Waals surface area contributed by atoms with Crippen LogP contribution in [0.5, 0.6) is 0 Å². The highest BCUT2D eigenvalue weighted by Crippen LogP contribution is 2.36. The fourth-order valence-corrected chi connectivity index (χ4v) is 4.61. The van der Waals surface area contributed by atoms with E-state index in [1.54, 1.807) is 13.1 Å². The molecule has 11 heteroatoms. The predicted molar refractivity (Wildman–Crippen MR) is 116 cm³/mol. The van der Waals surface area contributed by atoms with E-state index in [0.717, 1.165) is 30.2 Å². The average Bonchev–Trinajstić information content (AvgIpc) is 3.46. The number of amides is 1. The minimum Gasteiger partial charge on any atom is -0.321 e. The van der Waals surface area contributed by atoms with Crippen molar-refractivity contribution in [2.75, 3.05) is 5.32 Å². The minimum absolute atomic E-state index is 0.0935. The van der Waals surface area contributed by atoms with Gasteiger partial charge in [0.1, 0.15) is 6.07 Å². The van der Waals surface area contributed by atoms with Crippen LogP contribution >= 0.6 is 11.8 Å². The second-order valence-corrected chi connectivity index (χ2v) is 8.49. The Kier molecular flexibility index (Phi) is 6.13. The molecule has 0 saturated heterocycles. The van der Waals surface area contributed by atoms with Crippen LogP contribution in [0.4, 0.5) is 11.4 Å². The lowest BCUT2D eigenvalue weighted by atomic mass is 9.95. The molecule has 1 N–H and O–H groups in total. The lowest BCUT2D eigenvalue weighted by Gasteiger charge is -2.14. The van der Waals surface area contributed by atoms with Crippen molar-refractivity contribution in [3.05, 3.63) is 63.2 Å². The van der Waals surface area contributed by atoms with E-state index < -0.39 is 10.8 Å². The number of nitrogens with one attached hydrogen (secondary N) is 1. The molecule has 0 unspecified atom stereocenters. The van der Waals surface area contributed by atoms with Crippen molar-refractivity contribution in [1.29, 1.82) is 5.26 Å². The van der Waals surface area contributed by atoms with Crippen molar-refractivity contribution in [3.8, 4) is 6.07 Å². The summed E-state index contributed by atoms with van der Waals surface area (Å²) >= 11 is 1.11. The smallest absolute Gasteiger partial charge is 0.270 e. The first-order chi connectivity index (χ1) is 15.5. The third-order valence-electron chi connectivity index (χ3n) is 5.44. The first kappa shape index (κ1) is 21.5. The molecule has 1 heterocycles. The Morgan fingerprint density at radius 1 is 1.28 bits per heavy atom. The number of aromatic nitrogens is 4. The molecule has 32 heavy (non-hydrogen) atoms. The number of nitriles is 1. The van der Waals surface area contributed by atoms with Gasteiger partial charge in [-0.2, -0.15) is 5.26 Å². The van der Waals surface area contributed by atoms with E-state index in [-0.39, 0.29) is 11.3 Å². The van der Waals surface area contributed by atoms with Gasteiger partial charge < -0.3 is 5.32 Å². The summed E-state index contributed by atoms with van der Waals surface area (Å²) < 4.78 is 1.43. The van der Waals surface area contributed by atoms with Crippen LogP contribution in [0.2, 0.25) is 0 Å². The van der Waals surface area contributed by atoms with E-state index >= 15 is 0 Å². The summed E-state index contributed by atoms with van der Waals surface area (Å²) in [4.78, 5) is 24.3. The number of aryl methyl sites for hydroxylation is 1. The van der Waals surface area contributed by atoms with Crippen molar-refractivity contribution in [1.82, 2.24) is 20.2 Å². The van der Waals surface area contributed by atoms with Gasteiger partial charge in [-0.3, -0.25) is 14.9 Å². The van der Waals surface area contributed by atoms with Gasteiger partial charge in [0, 0.05) is 24.1 Å². The largest absolute Gasteiger partial charge is 0.321 e. The Morgan fingerprint density at radius 3 is 2.72 bits per heavy atom. The fraction of sp³-hybridized carbons (Fsp3) is 0.286. The first-order valence-electron chi connectivity index (χ1n) is 10.0. The van der Waals surface area contributed by atoms with Crippen LogP contribution in [-0.4, -0.2) is 31.0 Å². The molecule has 0 atom stereocenters. The van der Waals surface area contributed by atoms with Gasteiger partial charge in [0.15, 0.2) is 0 Å². The molecule has 3 aromatic rings. The Bertz CT molecular complexity index is 1230. The highest BCUT2D eigenvalue weighted by molar-refractivity contribution is 7.99. The first-order valence-corrected chi connectivity index (χ1v) is 10.8. The van der Waals surface area contributed by atoms with Crippen LogP contribution in [0.25, 0.3) is 0 Å². The summed E-state index contributed by atoms with van der Waals surface area (Å²) in [5.41, 5.74) is 1.70. The summed E-state index contributed by atoms with van der Waals surface area (Å²) in [5.74, 6) is -0.122. The van der Waals surface area contributed by atoms with Gasteiger partial charge in [0.2, 0.25) is 5.16 Å². The average molecular weight is 449 g/mol. The second-order valence-electron chi connectivity index (χ2n) is 7.48. The van der Waals surface area contributed by atoms with E-state index in [2.05, 4.69) is 26.9 Å². The van der Waals surface area contributed by atoms with Crippen molar-refractivity contribution >= 4 is 29.0 Å². The lowest BCUT2D eigenvalue weighted by Crippen LogP contribution is -2.15. The van der Waals surface area contributed by atoms with E-state index in [4.69, 9.17) is 0 Å². The molecule has 10 nitrogen and oxygen atoms in total. The van der Waals surface area contributed by atoms with E-state index in [1.807, 2.05) is 12.1 Å². The summed E-state index contributed by atoms with van der Waals surface area (Å²) in [7, 11) is 1.65. The van der Waals surface area contributed by atoms with Crippen LogP contribution in [-0.2, 0) is 7.05 Å². The Labute approximate surface area is 187 Å². The molecule has 1 saturated carbocycles. The predicted octanol–water partition coefficient (Wildman–Crippen LogP) is 4.05. The van der Waals surface area contributed by atoms with Crippen LogP contribution < -0.4 is 5.32 Å². The molecule has 0 spiro atoms. The number of nitro benzene ring substituents is 1. The van der Waals surface area contributed by atoms with Crippen molar-refractivity contribution in [3.63, 3.8) is 0 Å². The maximum Gasteiger partial charge on any atom is 0.270 e. The summed E-state index contributed by atoms with van der Waals surface area (Å²) in [6.45, 7) is 0. The highest BCUT2D eigenvalue weighted by Gasteiger charge is 2.22. The third-order valence-corrected chi connectivity index (χ3v) is 6.54. The van der Waals surface area contributed by atoms with Crippen molar-refractivity contribution in [2.45, 2.75) is 41.7 Å². The lowest BCUT2D eigenvalue weighted by molar-refractivity contribution is -0.384. The number of anilines is 1. The molecule has 4 rings (SSSR count). The van der Waals surface area contributed by atoms with Gasteiger partial charge in [-0.25, -0.2) is 4.68 Å². The zero-order valence-corrected chi connectivity index (χ0v) is 18.0. The molecule has 1 aliphatic carbocycles. The summed E-state index contributed by atoms with van der Waals surface area (Å²) in [5, 5.41) is 35.3. The molecule has 0 bridgehead atoms. The topological polar surface area (TPSA) is 140 Å². The normalized spacial score (nSPS) is 13.6. The molecular weight excluding hydrogens is 430 g/mol. The SMILES string of the molecule is Cn1nnnc1Sc1ccc([N+](=O)[O-])cc1C(=O)Nc1ccc(C2CCCC2)cc1C#N. The van der Waals surface area contributed by atoms with Crippen LogP contribution in [0.15, 0.2) is 46.5 Å². The number of carbonyl (C=O) groups excluding carboxylic acids is 1. The number of tetrazole rings is 1. The minimum atomic E-state index is -0.563. The van der Waals surface area contributed by atoms with Gasteiger partial charge in [-0.15, -0.1) is 5.10 Å². The number of benzene rings is 2. The molecule has 0 radical (unpaired) electrons. The number of non-ortho nitro benzene ring substituents is 1. The maximum atomic E-state index is 13.1. The quantitative estimate of drug-likeness (QED) is 0.439. The zero-order valence-electron chi connectivity index (χ0n) is 17.2. The van der Waals surface area contributed by atoms with Crippen molar-refractivity contribution < 1.29 is 9.72 Å².